The highest BCUT2D eigenvalue weighted by Gasteiger charge is 2.18. The molecule has 1 heterocycles. The van der Waals surface area contributed by atoms with E-state index in [-0.39, 0.29) is 5.78 Å². The summed E-state index contributed by atoms with van der Waals surface area (Å²) in [6.45, 7) is 4.18. The van der Waals surface area contributed by atoms with Gasteiger partial charge < -0.3 is 9.47 Å². The first-order chi connectivity index (χ1) is 8.79. The molecule has 3 heteroatoms. The standard InChI is InChI=1S/C15H20O3/c1-2-18-14-5-3-13(4-6-14)15(16)11-12-7-9-17-10-8-12/h3-6,12H,2,7-11H2,1H3. The van der Waals surface area contributed by atoms with Gasteiger partial charge in [-0.2, -0.15) is 0 Å². The molecule has 0 aliphatic carbocycles. The summed E-state index contributed by atoms with van der Waals surface area (Å²) in [7, 11) is 0. The molecule has 0 amide bonds. The van der Waals surface area contributed by atoms with Crippen LogP contribution in [-0.2, 0) is 4.74 Å². The minimum atomic E-state index is 0.227. The van der Waals surface area contributed by atoms with Gasteiger partial charge in [0.15, 0.2) is 5.78 Å². The molecule has 98 valence electrons. The van der Waals surface area contributed by atoms with Crippen LogP contribution >= 0.6 is 0 Å². The molecule has 0 radical (unpaired) electrons. The number of hydrogen-bond donors (Lipinski definition) is 0. The van der Waals surface area contributed by atoms with Crippen molar-refractivity contribution in [2.75, 3.05) is 19.8 Å². The predicted molar refractivity (Wildman–Crippen MR) is 70.1 cm³/mol. The summed E-state index contributed by atoms with van der Waals surface area (Å²) < 4.78 is 10.7. The molecule has 1 fully saturated rings. The Morgan fingerprint density at radius 2 is 1.94 bits per heavy atom. The molecule has 0 bridgehead atoms. The Hall–Kier alpha value is -1.35. The van der Waals surface area contributed by atoms with Crippen LogP contribution in [0.1, 0.15) is 36.5 Å². The van der Waals surface area contributed by atoms with Gasteiger partial charge in [0.05, 0.1) is 6.61 Å². The van der Waals surface area contributed by atoms with E-state index in [9.17, 15) is 4.79 Å². The zero-order valence-corrected chi connectivity index (χ0v) is 10.9. The van der Waals surface area contributed by atoms with E-state index in [0.717, 1.165) is 37.4 Å². The lowest BCUT2D eigenvalue weighted by Crippen LogP contribution is -2.18. The Kier molecular flexibility index (Phi) is 4.76. The number of rotatable bonds is 5. The fourth-order valence-corrected chi connectivity index (χ4v) is 2.23. The van der Waals surface area contributed by atoms with E-state index < -0.39 is 0 Å². The highest BCUT2D eigenvalue weighted by molar-refractivity contribution is 5.96. The summed E-state index contributed by atoms with van der Waals surface area (Å²) in [4.78, 5) is 12.1. The molecule has 0 aromatic heterocycles. The number of ketones is 1. The molecule has 2 rings (SSSR count). The van der Waals surface area contributed by atoms with E-state index in [1.165, 1.54) is 0 Å². The summed E-state index contributed by atoms with van der Waals surface area (Å²) in [6.07, 6.45) is 2.64. The van der Waals surface area contributed by atoms with Crippen LogP contribution in [0.2, 0.25) is 0 Å². The summed E-state index contributed by atoms with van der Waals surface area (Å²) in [5.41, 5.74) is 0.782. The highest BCUT2D eigenvalue weighted by Crippen LogP contribution is 2.21. The maximum absolute atomic E-state index is 12.1. The SMILES string of the molecule is CCOc1ccc(C(=O)CC2CCOCC2)cc1. The summed E-state index contributed by atoms with van der Waals surface area (Å²) in [5, 5.41) is 0. The maximum atomic E-state index is 12.1. The first kappa shape index (κ1) is 13.1. The number of ether oxygens (including phenoxy) is 2. The number of carbonyl (C=O) groups excluding carboxylic acids is 1. The quantitative estimate of drug-likeness (QED) is 0.751. The number of hydrogen-bond acceptors (Lipinski definition) is 3. The number of benzene rings is 1. The average Bonchev–Trinajstić information content (AvgIpc) is 2.41. The van der Waals surface area contributed by atoms with Crippen LogP contribution in [0.4, 0.5) is 0 Å². The van der Waals surface area contributed by atoms with Crippen molar-refractivity contribution < 1.29 is 14.3 Å². The average molecular weight is 248 g/mol. The second kappa shape index (κ2) is 6.55. The monoisotopic (exact) mass is 248 g/mol. The molecule has 0 saturated carbocycles. The Bertz CT molecular complexity index is 377. The number of carbonyl (C=O) groups is 1. The van der Waals surface area contributed by atoms with E-state index in [0.29, 0.717) is 18.9 Å². The topological polar surface area (TPSA) is 35.5 Å². The lowest BCUT2D eigenvalue weighted by atomic mass is 9.92. The molecule has 18 heavy (non-hydrogen) atoms. The second-order valence-corrected chi connectivity index (χ2v) is 4.64. The first-order valence-corrected chi connectivity index (χ1v) is 6.63. The predicted octanol–water partition coefficient (Wildman–Crippen LogP) is 3.08. The molecule has 0 atom stereocenters. The molecule has 1 aliphatic heterocycles. The van der Waals surface area contributed by atoms with E-state index in [4.69, 9.17) is 9.47 Å². The fraction of sp³-hybridized carbons (Fsp3) is 0.533. The van der Waals surface area contributed by atoms with Gasteiger partial charge in [0.2, 0.25) is 0 Å². The van der Waals surface area contributed by atoms with Crippen LogP contribution in [0.25, 0.3) is 0 Å². The van der Waals surface area contributed by atoms with E-state index in [1.807, 2.05) is 31.2 Å². The van der Waals surface area contributed by atoms with E-state index >= 15 is 0 Å². The second-order valence-electron chi connectivity index (χ2n) is 4.64. The van der Waals surface area contributed by atoms with E-state index in [2.05, 4.69) is 0 Å². The van der Waals surface area contributed by atoms with Crippen molar-refractivity contribution in [2.45, 2.75) is 26.2 Å². The maximum Gasteiger partial charge on any atom is 0.163 e. The third kappa shape index (κ3) is 3.57. The molecular formula is C15H20O3. The van der Waals surface area contributed by atoms with Gasteiger partial charge in [0.25, 0.3) is 0 Å². The van der Waals surface area contributed by atoms with Crippen molar-refractivity contribution in [1.29, 1.82) is 0 Å². The smallest absolute Gasteiger partial charge is 0.163 e. The van der Waals surface area contributed by atoms with Gasteiger partial charge >= 0.3 is 0 Å². The molecule has 0 spiro atoms. The molecule has 1 saturated heterocycles. The van der Waals surface area contributed by atoms with Gasteiger partial charge in [-0.1, -0.05) is 0 Å². The Labute approximate surface area is 108 Å². The minimum Gasteiger partial charge on any atom is -0.494 e. The third-order valence-corrected chi connectivity index (χ3v) is 3.30. The summed E-state index contributed by atoms with van der Waals surface area (Å²) >= 11 is 0. The molecular weight excluding hydrogens is 228 g/mol. The molecule has 1 aromatic rings. The van der Waals surface area contributed by atoms with Crippen LogP contribution in [0.15, 0.2) is 24.3 Å². The van der Waals surface area contributed by atoms with Crippen LogP contribution < -0.4 is 4.74 Å². The lowest BCUT2D eigenvalue weighted by molar-refractivity contribution is 0.0601. The molecule has 1 aromatic carbocycles. The van der Waals surface area contributed by atoms with Gasteiger partial charge in [-0.05, 0) is 49.9 Å². The van der Waals surface area contributed by atoms with E-state index in [1.54, 1.807) is 0 Å². The summed E-state index contributed by atoms with van der Waals surface area (Å²) in [6, 6.07) is 7.43. The third-order valence-electron chi connectivity index (χ3n) is 3.30. The molecule has 0 unspecified atom stereocenters. The Balaban J connectivity index is 1.91. The van der Waals surface area contributed by atoms with Crippen molar-refractivity contribution in [2.24, 2.45) is 5.92 Å². The molecule has 1 aliphatic rings. The van der Waals surface area contributed by atoms with Gasteiger partial charge in [0.1, 0.15) is 5.75 Å². The van der Waals surface area contributed by atoms with Crippen LogP contribution in [0.5, 0.6) is 5.75 Å². The van der Waals surface area contributed by atoms with Crippen LogP contribution in [0, 0.1) is 5.92 Å². The molecule has 0 N–H and O–H groups in total. The fourth-order valence-electron chi connectivity index (χ4n) is 2.23. The highest BCUT2D eigenvalue weighted by atomic mass is 16.5. The first-order valence-electron chi connectivity index (χ1n) is 6.63. The zero-order chi connectivity index (χ0) is 12.8. The van der Waals surface area contributed by atoms with Crippen molar-refractivity contribution in [1.82, 2.24) is 0 Å². The Morgan fingerprint density at radius 3 is 2.56 bits per heavy atom. The summed E-state index contributed by atoms with van der Waals surface area (Å²) in [5.74, 6) is 1.53. The van der Waals surface area contributed by atoms with Crippen molar-refractivity contribution in [3.63, 3.8) is 0 Å². The van der Waals surface area contributed by atoms with Gasteiger partial charge in [-0.25, -0.2) is 0 Å². The van der Waals surface area contributed by atoms with Crippen molar-refractivity contribution in [3.8, 4) is 5.75 Å². The minimum absolute atomic E-state index is 0.227. The van der Waals surface area contributed by atoms with Gasteiger partial charge in [-0.15, -0.1) is 0 Å². The normalized spacial score (nSPS) is 16.5. The number of Topliss-reactive ketones (excluding diaryl/α,β-unsaturated/α-hetero) is 1. The van der Waals surface area contributed by atoms with Crippen molar-refractivity contribution >= 4 is 5.78 Å². The lowest BCUT2D eigenvalue weighted by Gasteiger charge is -2.21. The molecule has 3 nitrogen and oxygen atoms in total. The Morgan fingerprint density at radius 1 is 1.28 bits per heavy atom. The van der Waals surface area contributed by atoms with Gasteiger partial charge in [-0.3, -0.25) is 4.79 Å². The zero-order valence-electron chi connectivity index (χ0n) is 10.9. The van der Waals surface area contributed by atoms with Crippen LogP contribution in [-0.4, -0.2) is 25.6 Å². The van der Waals surface area contributed by atoms with Gasteiger partial charge in [0, 0.05) is 25.2 Å². The van der Waals surface area contributed by atoms with Crippen molar-refractivity contribution in [3.05, 3.63) is 29.8 Å². The largest absolute Gasteiger partial charge is 0.494 e. The van der Waals surface area contributed by atoms with Crippen LogP contribution in [0.3, 0.4) is 0 Å².